The van der Waals surface area contributed by atoms with Gasteiger partial charge in [0.2, 0.25) is 0 Å². The van der Waals surface area contributed by atoms with Crippen LogP contribution in [-0.4, -0.2) is 11.1 Å². The first-order valence-electron chi connectivity index (χ1n) is 7.45. The first kappa shape index (κ1) is 18.5. The molecule has 0 spiro atoms. The van der Waals surface area contributed by atoms with Crippen molar-refractivity contribution in [2.24, 2.45) is 4.99 Å². The third-order valence-electron chi connectivity index (χ3n) is 3.34. The van der Waals surface area contributed by atoms with Crippen molar-refractivity contribution in [3.8, 4) is 0 Å². The van der Waals surface area contributed by atoms with Gasteiger partial charge in [-0.2, -0.15) is 0 Å². The van der Waals surface area contributed by atoms with Gasteiger partial charge in [-0.3, -0.25) is 15.1 Å². The molecule has 0 aliphatic rings. The van der Waals surface area contributed by atoms with Crippen LogP contribution in [0, 0.1) is 10.1 Å². The standard InChI is InChI=1S/C18H12Cl2N2O3S/c19-13-7-14(20)9-15(8-13)21-10-12-3-4-18(17(6-12)22(23)24)26-11-16-2-1-5-25-16/h1-10H,11H2. The van der Waals surface area contributed by atoms with Gasteiger partial charge < -0.3 is 4.42 Å². The van der Waals surface area contributed by atoms with E-state index in [1.54, 1.807) is 42.7 Å². The summed E-state index contributed by atoms with van der Waals surface area (Å²) in [6.07, 6.45) is 3.11. The van der Waals surface area contributed by atoms with Crippen molar-refractivity contribution in [1.29, 1.82) is 0 Å². The molecule has 1 heterocycles. The van der Waals surface area contributed by atoms with Crippen LogP contribution < -0.4 is 0 Å². The van der Waals surface area contributed by atoms with Crippen LogP contribution in [0.2, 0.25) is 10.0 Å². The highest BCUT2D eigenvalue weighted by Crippen LogP contribution is 2.32. The average Bonchev–Trinajstić information content (AvgIpc) is 3.11. The molecule has 0 saturated carbocycles. The molecule has 0 atom stereocenters. The second-order valence-corrected chi connectivity index (χ2v) is 7.13. The minimum Gasteiger partial charge on any atom is -0.468 e. The van der Waals surface area contributed by atoms with Crippen molar-refractivity contribution in [2.45, 2.75) is 10.6 Å². The summed E-state index contributed by atoms with van der Waals surface area (Å²) in [5, 5.41) is 12.3. The van der Waals surface area contributed by atoms with Gasteiger partial charge in [0.15, 0.2) is 0 Å². The zero-order chi connectivity index (χ0) is 18.5. The maximum atomic E-state index is 11.4. The molecule has 3 aromatic rings. The predicted octanol–water partition coefficient (Wildman–Crippen LogP) is 6.54. The molecule has 0 N–H and O–H groups in total. The lowest BCUT2D eigenvalue weighted by Gasteiger charge is -2.03. The molecular formula is C18H12Cl2N2O3S. The van der Waals surface area contributed by atoms with Crippen LogP contribution in [0.4, 0.5) is 11.4 Å². The van der Waals surface area contributed by atoms with Gasteiger partial charge in [-0.1, -0.05) is 29.3 Å². The quantitative estimate of drug-likeness (QED) is 0.201. The van der Waals surface area contributed by atoms with Gasteiger partial charge in [0, 0.05) is 22.3 Å². The summed E-state index contributed by atoms with van der Waals surface area (Å²) in [6.45, 7) is 0. The molecule has 0 unspecified atom stereocenters. The third kappa shape index (κ3) is 4.88. The number of hydrogen-bond donors (Lipinski definition) is 0. The minimum atomic E-state index is -0.405. The SMILES string of the molecule is O=[N+]([O-])c1cc(C=Nc2cc(Cl)cc(Cl)c2)ccc1SCc1ccco1. The molecule has 2 aromatic carbocycles. The maximum absolute atomic E-state index is 11.4. The van der Waals surface area contributed by atoms with Crippen LogP contribution in [0.5, 0.6) is 0 Å². The zero-order valence-electron chi connectivity index (χ0n) is 13.3. The minimum absolute atomic E-state index is 0.0228. The summed E-state index contributed by atoms with van der Waals surface area (Å²) in [5.74, 6) is 1.27. The van der Waals surface area contributed by atoms with Crippen molar-refractivity contribution >= 4 is 52.6 Å². The molecule has 132 valence electrons. The van der Waals surface area contributed by atoms with Gasteiger partial charge in [0.05, 0.1) is 27.5 Å². The van der Waals surface area contributed by atoms with Gasteiger partial charge >= 0.3 is 0 Å². The fraction of sp³-hybridized carbons (Fsp3) is 0.0556. The zero-order valence-corrected chi connectivity index (χ0v) is 15.6. The lowest BCUT2D eigenvalue weighted by atomic mass is 10.2. The number of rotatable bonds is 6. The Hall–Kier alpha value is -2.28. The van der Waals surface area contributed by atoms with Crippen molar-refractivity contribution in [3.63, 3.8) is 0 Å². The van der Waals surface area contributed by atoms with E-state index in [0.29, 0.717) is 31.9 Å². The number of halogens is 2. The third-order valence-corrected chi connectivity index (χ3v) is 4.86. The van der Waals surface area contributed by atoms with Gasteiger partial charge in [0.25, 0.3) is 5.69 Å². The molecule has 5 nitrogen and oxygen atoms in total. The average molecular weight is 407 g/mol. The monoisotopic (exact) mass is 406 g/mol. The first-order chi connectivity index (χ1) is 12.5. The molecule has 26 heavy (non-hydrogen) atoms. The Morgan fingerprint density at radius 1 is 1.15 bits per heavy atom. The van der Waals surface area contributed by atoms with E-state index in [1.807, 2.05) is 6.07 Å². The van der Waals surface area contributed by atoms with E-state index >= 15 is 0 Å². The smallest absolute Gasteiger partial charge is 0.283 e. The Kier molecular flexibility index (Phi) is 5.98. The number of aliphatic imine (C=N–C) groups is 1. The summed E-state index contributed by atoms with van der Waals surface area (Å²) in [4.78, 5) is 15.8. The molecular weight excluding hydrogens is 395 g/mol. The number of nitro benzene ring substituents is 1. The van der Waals surface area contributed by atoms with Crippen molar-refractivity contribution in [3.05, 3.63) is 86.3 Å². The molecule has 0 radical (unpaired) electrons. The van der Waals surface area contributed by atoms with Gasteiger partial charge in [-0.15, -0.1) is 11.8 Å². The van der Waals surface area contributed by atoms with Crippen molar-refractivity contribution < 1.29 is 9.34 Å². The summed E-state index contributed by atoms with van der Waals surface area (Å²) in [5.41, 5.74) is 1.20. The van der Waals surface area contributed by atoms with E-state index < -0.39 is 4.92 Å². The molecule has 1 aromatic heterocycles. The number of nitrogens with zero attached hydrogens (tertiary/aromatic N) is 2. The Labute approximate surface area is 163 Å². The van der Waals surface area contributed by atoms with Crippen molar-refractivity contribution in [1.82, 2.24) is 0 Å². The number of thioether (sulfide) groups is 1. The Morgan fingerprint density at radius 2 is 1.92 bits per heavy atom. The fourth-order valence-corrected chi connectivity index (χ4v) is 3.61. The Balaban J connectivity index is 1.81. The van der Waals surface area contributed by atoms with E-state index in [2.05, 4.69) is 4.99 Å². The highest BCUT2D eigenvalue weighted by molar-refractivity contribution is 7.98. The second-order valence-electron chi connectivity index (χ2n) is 5.24. The first-order valence-corrected chi connectivity index (χ1v) is 9.19. The normalized spacial score (nSPS) is 11.2. The molecule has 0 fully saturated rings. The largest absolute Gasteiger partial charge is 0.468 e. The summed E-state index contributed by atoms with van der Waals surface area (Å²) < 4.78 is 5.25. The molecule has 3 rings (SSSR count). The van der Waals surface area contributed by atoms with Crippen molar-refractivity contribution in [2.75, 3.05) is 0 Å². The topological polar surface area (TPSA) is 68.6 Å². The lowest BCUT2D eigenvalue weighted by molar-refractivity contribution is -0.387. The number of furan rings is 1. The van der Waals surface area contributed by atoms with E-state index in [-0.39, 0.29) is 5.69 Å². The van der Waals surface area contributed by atoms with E-state index in [9.17, 15) is 10.1 Å². The van der Waals surface area contributed by atoms with E-state index in [4.69, 9.17) is 27.6 Å². The van der Waals surface area contributed by atoms with Crippen LogP contribution in [0.25, 0.3) is 0 Å². The Morgan fingerprint density at radius 3 is 2.58 bits per heavy atom. The summed E-state index contributed by atoms with van der Waals surface area (Å²) in [6, 6.07) is 13.5. The van der Waals surface area contributed by atoms with E-state index in [1.165, 1.54) is 24.0 Å². The Bertz CT molecular complexity index is 939. The lowest BCUT2D eigenvalue weighted by Crippen LogP contribution is -1.93. The summed E-state index contributed by atoms with van der Waals surface area (Å²) >= 11 is 13.2. The molecule has 0 amide bonds. The molecule has 0 bridgehead atoms. The number of benzene rings is 2. The van der Waals surface area contributed by atoms with Crippen LogP contribution >= 0.6 is 35.0 Å². The predicted molar refractivity (Wildman–Crippen MR) is 105 cm³/mol. The van der Waals surface area contributed by atoms with Gasteiger partial charge in [-0.05, 0) is 42.0 Å². The van der Waals surface area contributed by atoms with Crippen LogP contribution in [0.15, 0.2) is 69.1 Å². The maximum Gasteiger partial charge on any atom is 0.283 e. The number of nitro groups is 1. The molecule has 0 aliphatic carbocycles. The van der Waals surface area contributed by atoms with Gasteiger partial charge in [0.1, 0.15) is 5.76 Å². The van der Waals surface area contributed by atoms with Crippen LogP contribution in [0.1, 0.15) is 11.3 Å². The molecule has 0 saturated heterocycles. The van der Waals surface area contributed by atoms with Gasteiger partial charge in [-0.25, -0.2) is 0 Å². The fourth-order valence-electron chi connectivity index (χ4n) is 2.19. The van der Waals surface area contributed by atoms with Crippen LogP contribution in [0.3, 0.4) is 0 Å². The van der Waals surface area contributed by atoms with E-state index in [0.717, 1.165) is 5.76 Å². The summed E-state index contributed by atoms with van der Waals surface area (Å²) in [7, 11) is 0. The number of hydrogen-bond acceptors (Lipinski definition) is 5. The molecule has 8 heteroatoms. The van der Waals surface area contributed by atoms with Crippen LogP contribution in [-0.2, 0) is 5.75 Å². The molecule has 0 aliphatic heterocycles. The highest BCUT2D eigenvalue weighted by atomic mass is 35.5. The second kappa shape index (κ2) is 8.40. The highest BCUT2D eigenvalue weighted by Gasteiger charge is 2.15.